The van der Waals surface area contributed by atoms with Gasteiger partial charge in [0.15, 0.2) is 5.78 Å². The molecule has 96 valence electrons. The Labute approximate surface area is 111 Å². The Balaban J connectivity index is 1.97. The number of ketones is 1. The van der Waals surface area contributed by atoms with Crippen LogP contribution in [0.3, 0.4) is 0 Å². The first kappa shape index (κ1) is 11.8. The van der Waals surface area contributed by atoms with Crippen molar-refractivity contribution in [2.75, 3.05) is 0 Å². The van der Waals surface area contributed by atoms with E-state index < -0.39 is 0 Å². The second-order valence-electron chi connectivity index (χ2n) is 4.93. The zero-order valence-corrected chi connectivity index (χ0v) is 10.3. The number of carbonyl (C=O) groups excluding carboxylic acids is 1. The second-order valence-corrected chi connectivity index (χ2v) is 4.93. The third kappa shape index (κ3) is 2.08. The Bertz CT molecular complexity index is 629. The van der Waals surface area contributed by atoms with Gasteiger partial charge in [0.2, 0.25) is 0 Å². The summed E-state index contributed by atoms with van der Waals surface area (Å²) in [5, 5.41) is 19.1. The van der Waals surface area contributed by atoms with Crippen molar-refractivity contribution < 1.29 is 15.0 Å². The van der Waals surface area contributed by atoms with Crippen LogP contribution in [0.25, 0.3) is 0 Å². The van der Waals surface area contributed by atoms with Crippen LogP contribution in [0.5, 0.6) is 11.5 Å². The molecule has 2 N–H and O–H groups in total. The molecule has 19 heavy (non-hydrogen) atoms. The van der Waals surface area contributed by atoms with Gasteiger partial charge in [-0.1, -0.05) is 24.3 Å². The molecule has 3 heteroatoms. The molecule has 1 unspecified atom stereocenters. The lowest BCUT2D eigenvalue weighted by atomic mass is 9.79. The van der Waals surface area contributed by atoms with E-state index in [9.17, 15) is 15.0 Å². The minimum absolute atomic E-state index is 0.0163. The Kier molecular flexibility index (Phi) is 2.75. The molecule has 0 saturated carbocycles. The van der Waals surface area contributed by atoms with Crippen molar-refractivity contribution in [3.63, 3.8) is 0 Å². The number of carbonyl (C=O) groups is 1. The van der Waals surface area contributed by atoms with E-state index in [1.165, 1.54) is 0 Å². The first-order valence-corrected chi connectivity index (χ1v) is 6.28. The van der Waals surface area contributed by atoms with E-state index in [0.717, 1.165) is 17.5 Å². The SMILES string of the molecule is O=C1CC(c2ccc(O)cc2)Cc2cccc(O)c21. The molecule has 0 amide bonds. The van der Waals surface area contributed by atoms with Gasteiger partial charge in [-0.15, -0.1) is 0 Å². The predicted molar refractivity (Wildman–Crippen MR) is 71.6 cm³/mol. The summed E-state index contributed by atoms with van der Waals surface area (Å²) in [7, 11) is 0. The first-order chi connectivity index (χ1) is 9.15. The number of aromatic hydroxyl groups is 2. The summed E-state index contributed by atoms with van der Waals surface area (Å²) in [6, 6.07) is 12.2. The largest absolute Gasteiger partial charge is 0.508 e. The van der Waals surface area contributed by atoms with Crippen molar-refractivity contribution in [3.8, 4) is 11.5 Å². The van der Waals surface area contributed by atoms with Gasteiger partial charge in [-0.3, -0.25) is 4.79 Å². The van der Waals surface area contributed by atoms with E-state index in [1.54, 1.807) is 24.3 Å². The van der Waals surface area contributed by atoms with Crippen LogP contribution in [0, 0.1) is 0 Å². The molecule has 0 saturated heterocycles. The Morgan fingerprint density at radius 2 is 1.68 bits per heavy atom. The lowest BCUT2D eigenvalue weighted by molar-refractivity contribution is 0.0961. The number of rotatable bonds is 1. The molecule has 1 atom stereocenters. The number of phenolic OH excluding ortho intramolecular Hbond substituents is 2. The molecular weight excluding hydrogens is 240 g/mol. The van der Waals surface area contributed by atoms with Gasteiger partial charge in [0.1, 0.15) is 11.5 Å². The molecule has 1 aliphatic rings. The highest BCUT2D eigenvalue weighted by molar-refractivity contribution is 6.01. The number of hydrogen-bond donors (Lipinski definition) is 2. The average Bonchev–Trinajstić information content (AvgIpc) is 2.39. The minimum atomic E-state index is -0.0163. The van der Waals surface area contributed by atoms with Crippen LogP contribution in [-0.4, -0.2) is 16.0 Å². The standard InChI is InChI=1S/C16H14O3/c17-13-6-4-10(5-7-13)12-8-11-2-1-3-14(18)16(11)15(19)9-12/h1-7,12,17-18H,8-9H2. The van der Waals surface area contributed by atoms with Gasteiger partial charge in [0, 0.05) is 6.42 Å². The summed E-state index contributed by atoms with van der Waals surface area (Å²) < 4.78 is 0. The number of hydrogen-bond acceptors (Lipinski definition) is 3. The monoisotopic (exact) mass is 254 g/mol. The highest BCUT2D eigenvalue weighted by Gasteiger charge is 2.28. The molecule has 2 aromatic carbocycles. The van der Waals surface area contributed by atoms with E-state index in [-0.39, 0.29) is 23.2 Å². The van der Waals surface area contributed by atoms with Crippen LogP contribution in [0.2, 0.25) is 0 Å². The molecule has 0 bridgehead atoms. The highest BCUT2D eigenvalue weighted by atomic mass is 16.3. The van der Waals surface area contributed by atoms with Crippen LogP contribution in [0.15, 0.2) is 42.5 Å². The average molecular weight is 254 g/mol. The van der Waals surface area contributed by atoms with Gasteiger partial charge in [0.25, 0.3) is 0 Å². The minimum Gasteiger partial charge on any atom is -0.508 e. The Morgan fingerprint density at radius 3 is 2.42 bits per heavy atom. The maximum Gasteiger partial charge on any atom is 0.167 e. The van der Waals surface area contributed by atoms with Crippen molar-refractivity contribution in [2.45, 2.75) is 18.8 Å². The van der Waals surface area contributed by atoms with Crippen LogP contribution < -0.4 is 0 Å². The van der Waals surface area contributed by atoms with Gasteiger partial charge >= 0.3 is 0 Å². The van der Waals surface area contributed by atoms with E-state index >= 15 is 0 Å². The van der Waals surface area contributed by atoms with Gasteiger partial charge in [-0.2, -0.15) is 0 Å². The molecule has 0 spiro atoms. The maximum absolute atomic E-state index is 12.1. The lowest BCUT2D eigenvalue weighted by Gasteiger charge is -2.24. The Hall–Kier alpha value is -2.29. The fourth-order valence-electron chi connectivity index (χ4n) is 2.72. The molecule has 0 radical (unpaired) electrons. The van der Waals surface area contributed by atoms with Crippen molar-refractivity contribution >= 4 is 5.78 Å². The zero-order valence-electron chi connectivity index (χ0n) is 10.3. The lowest BCUT2D eigenvalue weighted by Crippen LogP contribution is -2.18. The quantitative estimate of drug-likeness (QED) is 0.822. The van der Waals surface area contributed by atoms with Crippen LogP contribution in [0.1, 0.15) is 33.8 Å². The number of fused-ring (bicyclic) bond motifs is 1. The predicted octanol–water partition coefficient (Wildman–Crippen LogP) is 3.01. The van der Waals surface area contributed by atoms with E-state index in [2.05, 4.69) is 0 Å². The number of phenols is 2. The molecule has 3 rings (SSSR count). The molecule has 1 aliphatic carbocycles. The molecule has 0 aromatic heterocycles. The van der Waals surface area contributed by atoms with Gasteiger partial charge in [-0.05, 0) is 41.7 Å². The molecule has 3 nitrogen and oxygen atoms in total. The van der Waals surface area contributed by atoms with Crippen molar-refractivity contribution in [1.29, 1.82) is 0 Å². The second kappa shape index (κ2) is 4.43. The summed E-state index contributed by atoms with van der Waals surface area (Å²) in [4.78, 5) is 12.1. The maximum atomic E-state index is 12.1. The van der Waals surface area contributed by atoms with Gasteiger partial charge < -0.3 is 10.2 Å². The first-order valence-electron chi connectivity index (χ1n) is 6.28. The molecule has 0 aliphatic heterocycles. The van der Waals surface area contributed by atoms with Crippen molar-refractivity contribution in [3.05, 3.63) is 59.2 Å². The van der Waals surface area contributed by atoms with Gasteiger partial charge in [0.05, 0.1) is 5.56 Å². The van der Waals surface area contributed by atoms with E-state index in [1.807, 2.05) is 18.2 Å². The third-order valence-electron chi connectivity index (χ3n) is 3.67. The molecule has 2 aromatic rings. The van der Waals surface area contributed by atoms with Crippen molar-refractivity contribution in [1.82, 2.24) is 0 Å². The molecule has 0 heterocycles. The summed E-state index contributed by atoms with van der Waals surface area (Å²) in [5.74, 6) is 0.399. The van der Waals surface area contributed by atoms with Gasteiger partial charge in [-0.25, -0.2) is 0 Å². The van der Waals surface area contributed by atoms with E-state index in [4.69, 9.17) is 0 Å². The van der Waals surface area contributed by atoms with Crippen LogP contribution >= 0.6 is 0 Å². The normalized spacial score (nSPS) is 18.1. The summed E-state index contributed by atoms with van der Waals surface area (Å²) in [5.41, 5.74) is 2.41. The number of Topliss-reactive ketones (excluding diaryl/α,β-unsaturated/α-hetero) is 1. The number of benzene rings is 2. The summed E-state index contributed by atoms with van der Waals surface area (Å²) >= 11 is 0. The summed E-state index contributed by atoms with van der Waals surface area (Å²) in [6.07, 6.45) is 1.13. The smallest absolute Gasteiger partial charge is 0.167 e. The van der Waals surface area contributed by atoms with Crippen molar-refractivity contribution in [2.24, 2.45) is 0 Å². The fourth-order valence-corrected chi connectivity index (χ4v) is 2.72. The van der Waals surface area contributed by atoms with E-state index in [0.29, 0.717) is 12.0 Å². The highest BCUT2D eigenvalue weighted by Crippen LogP contribution is 2.36. The zero-order chi connectivity index (χ0) is 13.4. The third-order valence-corrected chi connectivity index (χ3v) is 3.67. The fraction of sp³-hybridized carbons (Fsp3) is 0.188. The van der Waals surface area contributed by atoms with Crippen LogP contribution in [0.4, 0.5) is 0 Å². The molecule has 0 fully saturated rings. The topological polar surface area (TPSA) is 57.5 Å². The van der Waals surface area contributed by atoms with Crippen LogP contribution in [-0.2, 0) is 6.42 Å². The Morgan fingerprint density at radius 1 is 0.947 bits per heavy atom. The summed E-state index contributed by atoms with van der Waals surface area (Å²) in [6.45, 7) is 0. The molecular formula is C16H14O3.